The van der Waals surface area contributed by atoms with Gasteiger partial charge in [0.1, 0.15) is 0 Å². The number of allylic oxidation sites excluding steroid dienone is 3. The van der Waals surface area contributed by atoms with E-state index in [1.54, 1.807) is 12.2 Å². The van der Waals surface area contributed by atoms with Crippen molar-refractivity contribution in [3.8, 4) is 0 Å². The molecule has 1 rings (SSSR count). The molecule has 0 aromatic heterocycles. The predicted molar refractivity (Wildman–Crippen MR) is 51.1 cm³/mol. The third-order valence-electron chi connectivity index (χ3n) is 2.10. The summed E-state index contributed by atoms with van der Waals surface area (Å²) in [6.07, 6.45) is 8.55. The van der Waals surface area contributed by atoms with Gasteiger partial charge in [-0.15, -0.1) is 0 Å². The second-order valence-corrected chi connectivity index (χ2v) is 3.31. The highest BCUT2D eigenvalue weighted by atomic mass is 16.3. The van der Waals surface area contributed by atoms with E-state index in [1.165, 1.54) is 6.08 Å². The van der Waals surface area contributed by atoms with Crippen molar-refractivity contribution in [2.45, 2.75) is 25.3 Å². The van der Waals surface area contributed by atoms with Crippen molar-refractivity contribution in [1.82, 2.24) is 5.32 Å². The van der Waals surface area contributed by atoms with E-state index in [0.29, 0.717) is 0 Å². The summed E-state index contributed by atoms with van der Waals surface area (Å²) in [5.41, 5.74) is -0.308. The number of carbonyl (C=O) groups is 1. The van der Waals surface area contributed by atoms with Crippen molar-refractivity contribution in [1.29, 1.82) is 0 Å². The number of nitrogens with one attached hydrogen (secondary N) is 1. The second-order valence-electron chi connectivity index (χ2n) is 3.31. The molecule has 1 aliphatic rings. The first-order valence-electron chi connectivity index (χ1n) is 4.45. The quantitative estimate of drug-likeness (QED) is 0.497. The van der Waals surface area contributed by atoms with Crippen LogP contribution in [0.25, 0.3) is 0 Å². The molecule has 0 aromatic carbocycles. The van der Waals surface area contributed by atoms with Crippen molar-refractivity contribution >= 4 is 5.91 Å². The lowest BCUT2D eigenvalue weighted by molar-refractivity contribution is -0.117. The van der Waals surface area contributed by atoms with E-state index in [2.05, 4.69) is 5.32 Å². The number of rotatable bonds is 4. The maximum absolute atomic E-state index is 11.2. The van der Waals surface area contributed by atoms with Crippen molar-refractivity contribution in [2.75, 3.05) is 6.61 Å². The number of amides is 1. The fourth-order valence-corrected chi connectivity index (χ4v) is 1.03. The molecule has 1 fully saturated rings. The van der Waals surface area contributed by atoms with E-state index in [-0.39, 0.29) is 18.1 Å². The van der Waals surface area contributed by atoms with Crippen LogP contribution in [0.15, 0.2) is 24.3 Å². The molecule has 3 nitrogen and oxygen atoms in total. The number of hydrogen-bond donors (Lipinski definition) is 2. The van der Waals surface area contributed by atoms with Gasteiger partial charge in [-0.2, -0.15) is 0 Å². The van der Waals surface area contributed by atoms with Gasteiger partial charge in [0.15, 0.2) is 0 Å². The molecule has 2 N–H and O–H groups in total. The van der Waals surface area contributed by atoms with Crippen molar-refractivity contribution in [3.63, 3.8) is 0 Å². The average molecular weight is 181 g/mol. The zero-order chi connectivity index (χ0) is 9.73. The molecule has 0 saturated heterocycles. The molecule has 0 heterocycles. The molecule has 1 amide bonds. The summed E-state index contributed by atoms with van der Waals surface area (Å²) < 4.78 is 0. The third-order valence-corrected chi connectivity index (χ3v) is 2.10. The van der Waals surface area contributed by atoms with Crippen LogP contribution < -0.4 is 5.32 Å². The van der Waals surface area contributed by atoms with Gasteiger partial charge in [-0.3, -0.25) is 4.79 Å². The molecule has 1 saturated carbocycles. The highest BCUT2D eigenvalue weighted by Crippen LogP contribution is 2.34. The molecule has 72 valence electrons. The van der Waals surface area contributed by atoms with Crippen molar-refractivity contribution < 1.29 is 9.90 Å². The Morgan fingerprint density at radius 1 is 1.54 bits per heavy atom. The summed E-state index contributed by atoms with van der Waals surface area (Å²) in [6.45, 7) is 1.93. The van der Waals surface area contributed by atoms with E-state index >= 15 is 0 Å². The molecule has 0 spiro atoms. The molecule has 13 heavy (non-hydrogen) atoms. The van der Waals surface area contributed by atoms with E-state index in [0.717, 1.165) is 12.8 Å². The summed E-state index contributed by atoms with van der Waals surface area (Å²) in [7, 11) is 0. The number of carbonyl (C=O) groups excluding carboxylic acids is 1. The number of hydrogen-bond acceptors (Lipinski definition) is 2. The monoisotopic (exact) mass is 181 g/mol. The summed E-state index contributed by atoms with van der Waals surface area (Å²) in [5, 5.41) is 11.7. The van der Waals surface area contributed by atoms with Crippen LogP contribution in [0.2, 0.25) is 0 Å². The SMILES string of the molecule is CC=CC=CC(=O)NC1(CO)CC1. The Bertz CT molecular complexity index is 239. The Morgan fingerprint density at radius 2 is 2.23 bits per heavy atom. The molecular formula is C10H15NO2. The van der Waals surface area contributed by atoms with Crippen molar-refractivity contribution in [3.05, 3.63) is 24.3 Å². The lowest BCUT2D eigenvalue weighted by atomic mass is 10.3. The third kappa shape index (κ3) is 3.03. The summed E-state index contributed by atoms with van der Waals surface area (Å²) in [5.74, 6) is -0.135. The first kappa shape index (κ1) is 9.99. The highest BCUT2D eigenvalue weighted by molar-refractivity contribution is 5.88. The van der Waals surface area contributed by atoms with Crippen LogP contribution in [-0.4, -0.2) is 23.2 Å². The van der Waals surface area contributed by atoms with E-state index in [9.17, 15) is 4.79 Å². The van der Waals surface area contributed by atoms with Crippen LogP contribution in [-0.2, 0) is 4.79 Å². The highest BCUT2D eigenvalue weighted by Gasteiger charge is 2.42. The van der Waals surface area contributed by atoms with Crippen LogP contribution in [0, 0.1) is 0 Å². The minimum absolute atomic E-state index is 0.0379. The minimum Gasteiger partial charge on any atom is -0.394 e. The van der Waals surface area contributed by atoms with E-state index in [4.69, 9.17) is 5.11 Å². The normalized spacial score (nSPS) is 19.5. The molecule has 0 aliphatic heterocycles. The molecule has 1 aliphatic carbocycles. The minimum atomic E-state index is -0.308. The van der Waals surface area contributed by atoms with Gasteiger partial charge in [-0.05, 0) is 19.8 Å². The maximum Gasteiger partial charge on any atom is 0.244 e. The fourth-order valence-electron chi connectivity index (χ4n) is 1.03. The van der Waals surface area contributed by atoms with Crippen molar-refractivity contribution in [2.24, 2.45) is 0 Å². The van der Waals surface area contributed by atoms with Crippen LogP contribution >= 0.6 is 0 Å². The van der Waals surface area contributed by atoms with Gasteiger partial charge < -0.3 is 10.4 Å². The standard InChI is InChI=1S/C10H15NO2/c1-2-3-4-5-9(13)11-10(8-12)6-7-10/h2-5,12H,6-8H2,1H3,(H,11,13). The number of aliphatic hydroxyl groups excluding tert-OH is 1. The fraction of sp³-hybridized carbons (Fsp3) is 0.500. The van der Waals surface area contributed by atoms with E-state index in [1.807, 2.05) is 13.0 Å². The largest absolute Gasteiger partial charge is 0.394 e. The second kappa shape index (κ2) is 4.23. The van der Waals surface area contributed by atoms with Gasteiger partial charge in [0.25, 0.3) is 0 Å². The Morgan fingerprint density at radius 3 is 2.69 bits per heavy atom. The first-order valence-corrected chi connectivity index (χ1v) is 4.45. The summed E-state index contributed by atoms with van der Waals surface area (Å²) in [6, 6.07) is 0. The predicted octanol–water partition coefficient (Wildman–Crippen LogP) is 0.760. The molecule has 0 bridgehead atoms. The smallest absolute Gasteiger partial charge is 0.244 e. The molecule has 0 radical (unpaired) electrons. The van der Waals surface area contributed by atoms with Gasteiger partial charge in [0.05, 0.1) is 12.1 Å². The average Bonchev–Trinajstić information content (AvgIpc) is 2.86. The molecular weight excluding hydrogens is 166 g/mol. The Kier molecular flexibility index (Phi) is 3.25. The maximum atomic E-state index is 11.2. The zero-order valence-corrected chi connectivity index (χ0v) is 7.79. The lowest BCUT2D eigenvalue weighted by Crippen LogP contribution is -2.38. The van der Waals surface area contributed by atoms with Gasteiger partial charge in [-0.25, -0.2) is 0 Å². The molecule has 3 heteroatoms. The Balaban J connectivity index is 2.33. The Hall–Kier alpha value is -1.09. The van der Waals surface area contributed by atoms with Gasteiger partial charge in [-0.1, -0.05) is 18.2 Å². The molecule has 0 unspecified atom stereocenters. The summed E-state index contributed by atoms with van der Waals surface area (Å²) >= 11 is 0. The number of aliphatic hydroxyl groups is 1. The summed E-state index contributed by atoms with van der Waals surface area (Å²) in [4.78, 5) is 11.2. The lowest BCUT2D eigenvalue weighted by Gasteiger charge is -2.11. The topological polar surface area (TPSA) is 49.3 Å². The van der Waals surface area contributed by atoms with Gasteiger partial charge in [0, 0.05) is 6.08 Å². The van der Waals surface area contributed by atoms with Crippen LogP contribution in [0.4, 0.5) is 0 Å². The molecule has 0 atom stereocenters. The van der Waals surface area contributed by atoms with Crippen LogP contribution in [0.3, 0.4) is 0 Å². The zero-order valence-electron chi connectivity index (χ0n) is 7.79. The Labute approximate surface area is 78.1 Å². The van der Waals surface area contributed by atoms with E-state index < -0.39 is 0 Å². The first-order chi connectivity index (χ1) is 6.22. The molecule has 0 aromatic rings. The van der Waals surface area contributed by atoms with Crippen LogP contribution in [0.5, 0.6) is 0 Å². The van der Waals surface area contributed by atoms with Gasteiger partial charge >= 0.3 is 0 Å². The van der Waals surface area contributed by atoms with Crippen LogP contribution in [0.1, 0.15) is 19.8 Å². The van der Waals surface area contributed by atoms with Gasteiger partial charge in [0.2, 0.25) is 5.91 Å².